The Kier molecular flexibility index (Phi) is 3.30. The van der Waals surface area contributed by atoms with Crippen LogP contribution in [0.5, 0.6) is 0 Å². The SMILES string of the molecule is Cc1c(C(=O)N2CCC(C)(O)CC2)sc2ccccc12. The number of aryl methyl sites for hydroxylation is 1. The topological polar surface area (TPSA) is 40.5 Å². The fraction of sp³-hybridized carbons (Fsp3) is 0.438. The van der Waals surface area contributed by atoms with Crippen LogP contribution < -0.4 is 0 Å². The summed E-state index contributed by atoms with van der Waals surface area (Å²) in [6.07, 6.45) is 1.31. The first-order valence-corrected chi connectivity index (χ1v) is 7.79. The van der Waals surface area contributed by atoms with Crippen molar-refractivity contribution in [3.8, 4) is 0 Å². The minimum absolute atomic E-state index is 0.110. The molecule has 1 saturated heterocycles. The number of piperidine rings is 1. The van der Waals surface area contributed by atoms with E-state index < -0.39 is 5.60 Å². The number of likely N-dealkylation sites (tertiary alicyclic amines) is 1. The second-order valence-electron chi connectivity index (χ2n) is 5.84. The van der Waals surface area contributed by atoms with Gasteiger partial charge in [0.05, 0.1) is 10.5 Å². The lowest BCUT2D eigenvalue weighted by Gasteiger charge is -2.35. The summed E-state index contributed by atoms with van der Waals surface area (Å²) >= 11 is 1.57. The number of fused-ring (bicyclic) bond motifs is 1. The van der Waals surface area contributed by atoms with E-state index in [0.29, 0.717) is 25.9 Å². The maximum absolute atomic E-state index is 12.7. The van der Waals surface area contributed by atoms with Crippen LogP contribution in [0.2, 0.25) is 0 Å². The minimum atomic E-state index is -0.619. The molecule has 0 radical (unpaired) electrons. The van der Waals surface area contributed by atoms with E-state index in [1.807, 2.05) is 30.9 Å². The number of hydrogen-bond donors (Lipinski definition) is 1. The van der Waals surface area contributed by atoms with Gasteiger partial charge in [0, 0.05) is 17.8 Å². The Morgan fingerprint density at radius 1 is 1.30 bits per heavy atom. The van der Waals surface area contributed by atoms with E-state index in [9.17, 15) is 9.90 Å². The molecule has 1 aromatic heterocycles. The van der Waals surface area contributed by atoms with Gasteiger partial charge in [-0.15, -0.1) is 11.3 Å². The number of rotatable bonds is 1. The first-order valence-electron chi connectivity index (χ1n) is 6.98. The van der Waals surface area contributed by atoms with Crippen LogP contribution in [0.3, 0.4) is 0 Å². The van der Waals surface area contributed by atoms with Crippen molar-refractivity contribution < 1.29 is 9.90 Å². The van der Waals surface area contributed by atoms with Gasteiger partial charge in [-0.1, -0.05) is 18.2 Å². The summed E-state index contributed by atoms with van der Waals surface area (Å²) in [5.74, 6) is 0.110. The third-order valence-electron chi connectivity index (χ3n) is 4.17. The normalized spacial score (nSPS) is 18.4. The molecule has 0 spiro atoms. The van der Waals surface area contributed by atoms with Gasteiger partial charge < -0.3 is 10.0 Å². The molecule has 0 saturated carbocycles. The van der Waals surface area contributed by atoms with E-state index in [-0.39, 0.29) is 5.91 Å². The second kappa shape index (κ2) is 4.86. The summed E-state index contributed by atoms with van der Waals surface area (Å²) in [4.78, 5) is 15.4. The molecule has 1 aromatic carbocycles. The monoisotopic (exact) mass is 289 g/mol. The Morgan fingerprint density at radius 3 is 2.60 bits per heavy atom. The maximum atomic E-state index is 12.7. The lowest BCUT2D eigenvalue weighted by molar-refractivity contribution is -0.00189. The molecular formula is C16H19NO2S. The summed E-state index contributed by atoms with van der Waals surface area (Å²) in [6.45, 7) is 5.14. The first kappa shape index (κ1) is 13.6. The Hall–Kier alpha value is -1.39. The van der Waals surface area contributed by atoms with Crippen LogP contribution >= 0.6 is 11.3 Å². The fourth-order valence-electron chi connectivity index (χ4n) is 2.71. The molecule has 1 aliphatic rings. The number of benzene rings is 1. The standard InChI is InChI=1S/C16H19NO2S/c1-11-12-5-3-4-6-13(12)20-14(11)15(18)17-9-7-16(2,19)8-10-17/h3-6,19H,7-10H2,1-2H3. The van der Waals surface area contributed by atoms with E-state index in [1.165, 1.54) is 5.39 Å². The van der Waals surface area contributed by atoms with Crippen LogP contribution in [0.25, 0.3) is 10.1 Å². The van der Waals surface area contributed by atoms with Crippen molar-refractivity contribution in [2.24, 2.45) is 0 Å². The molecule has 1 aliphatic heterocycles. The minimum Gasteiger partial charge on any atom is -0.390 e. The zero-order valence-electron chi connectivity index (χ0n) is 11.8. The summed E-state index contributed by atoms with van der Waals surface area (Å²) < 4.78 is 1.16. The van der Waals surface area contributed by atoms with Crippen molar-refractivity contribution in [1.82, 2.24) is 4.90 Å². The summed E-state index contributed by atoms with van der Waals surface area (Å²) in [5.41, 5.74) is 0.458. The van der Waals surface area contributed by atoms with Crippen molar-refractivity contribution in [1.29, 1.82) is 0 Å². The average molecular weight is 289 g/mol. The smallest absolute Gasteiger partial charge is 0.264 e. The molecule has 1 fully saturated rings. The zero-order chi connectivity index (χ0) is 14.3. The van der Waals surface area contributed by atoms with Crippen molar-refractivity contribution in [2.75, 3.05) is 13.1 Å². The van der Waals surface area contributed by atoms with Gasteiger partial charge in [0.2, 0.25) is 0 Å². The summed E-state index contributed by atoms with van der Waals surface area (Å²) in [7, 11) is 0. The zero-order valence-corrected chi connectivity index (χ0v) is 12.7. The van der Waals surface area contributed by atoms with Gasteiger partial charge in [-0.25, -0.2) is 0 Å². The van der Waals surface area contributed by atoms with Crippen molar-refractivity contribution >= 4 is 27.3 Å². The Morgan fingerprint density at radius 2 is 1.95 bits per heavy atom. The molecule has 2 aromatic rings. The van der Waals surface area contributed by atoms with Crippen LogP contribution in [0.15, 0.2) is 24.3 Å². The highest BCUT2D eigenvalue weighted by atomic mass is 32.1. The van der Waals surface area contributed by atoms with Gasteiger partial charge in [-0.3, -0.25) is 4.79 Å². The molecule has 1 amide bonds. The van der Waals surface area contributed by atoms with E-state index in [1.54, 1.807) is 11.3 Å². The predicted molar refractivity (Wildman–Crippen MR) is 82.3 cm³/mol. The molecule has 3 rings (SSSR count). The number of aliphatic hydroxyl groups is 1. The molecule has 2 heterocycles. The molecule has 0 bridgehead atoms. The van der Waals surface area contributed by atoms with Crippen molar-refractivity contribution in [3.05, 3.63) is 34.7 Å². The van der Waals surface area contributed by atoms with E-state index in [2.05, 4.69) is 12.1 Å². The number of carbonyl (C=O) groups is 1. The molecule has 0 aliphatic carbocycles. The lowest BCUT2D eigenvalue weighted by atomic mass is 9.93. The molecule has 0 atom stereocenters. The third-order valence-corrected chi connectivity index (χ3v) is 5.43. The average Bonchev–Trinajstić information content (AvgIpc) is 2.76. The maximum Gasteiger partial charge on any atom is 0.264 e. The number of thiophene rings is 1. The Bertz CT molecular complexity index is 650. The third kappa shape index (κ3) is 2.34. The summed E-state index contributed by atoms with van der Waals surface area (Å²) in [6, 6.07) is 8.14. The Labute approximate surface area is 122 Å². The lowest BCUT2D eigenvalue weighted by Crippen LogP contribution is -2.45. The first-order chi connectivity index (χ1) is 9.48. The van der Waals surface area contributed by atoms with Crippen LogP contribution in [0.4, 0.5) is 0 Å². The van der Waals surface area contributed by atoms with Crippen LogP contribution in [0.1, 0.15) is 35.0 Å². The fourth-order valence-corrected chi connectivity index (χ4v) is 3.89. The number of amides is 1. The van der Waals surface area contributed by atoms with Gasteiger partial charge >= 0.3 is 0 Å². The van der Waals surface area contributed by atoms with Crippen molar-refractivity contribution in [3.63, 3.8) is 0 Å². The van der Waals surface area contributed by atoms with E-state index in [4.69, 9.17) is 0 Å². The number of carbonyl (C=O) groups excluding carboxylic acids is 1. The predicted octanol–water partition coefficient (Wildman–Crippen LogP) is 3.20. The molecule has 3 nitrogen and oxygen atoms in total. The molecule has 0 unspecified atom stereocenters. The van der Waals surface area contributed by atoms with Gasteiger partial charge in [0.1, 0.15) is 0 Å². The number of nitrogens with zero attached hydrogens (tertiary/aromatic N) is 1. The quantitative estimate of drug-likeness (QED) is 0.876. The van der Waals surface area contributed by atoms with Crippen LogP contribution in [0, 0.1) is 6.92 Å². The second-order valence-corrected chi connectivity index (χ2v) is 6.89. The summed E-state index contributed by atoms with van der Waals surface area (Å²) in [5, 5.41) is 11.1. The van der Waals surface area contributed by atoms with Crippen LogP contribution in [-0.4, -0.2) is 34.6 Å². The molecule has 4 heteroatoms. The molecular weight excluding hydrogens is 270 g/mol. The van der Waals surface area contributed by atoms with E-state index >= 15 is 0 Å². The van der Waals surface area contributed by atoms with Crippen LogP contribution in [-0.2, 0) is 0 Å². The van der Waals surface area contributed by atoms with E-state index in [0.717, 1.165) is 15.1 Å². The highest BCUT2D eigenvalue weighted by Crippen LogP contribution is 2.32. The highest BCUT2D eigenvalue weighted by Gasteiger charge is 2.31. The highest BCUT2D eigenvalue weighted by molar-refractivity contribution is 7.21. The van der Waals surface area contributed by atoms with Gasteiger partial charge in [-0.2, -0.15) is 0 Å². The van der Waals surface area contributed by atoms with Gasteiger partial charge in [0.25, 0.3) is 5.91 Å². The van der Waals surface area contributed by atoms with Gasteiger partial charge in [-0.05, 0) is 43.7 Å². The van der Waals surface area contributed by atoms with Crippen molar-refractivity contribution in [2.45, 2.75) is 32.3 Å². The van der Waals surface area contributed by atoms with Gasteiger partial charge in [0.15, 0.2) is 0 Å². The number of hydrogen-bond acceptors (Lipinski definition) is 3. The molecule has 1 N–H and O–H groups in total. The largest absolute Gasteiger partial charge is 0.390 e. The molecule has 106 valence electrons. The Balaban J connectivity index is 1.88. The molecule has 20 heavy (non-hydrogen) atoms.